The molecule has 0 radical (unpaired) electrons. The van der Waals surface area contributed by atoms with Crippen LogP contribution in [0.4, 0.5) is 5.82 Å². The highest BCUT2D eigenvalue weighted by Crippen LogP contribution is 2.34. The normalized spacial score (nSPS) is 17.8. The van der Waals surface area contributed by atoms with Crippen LogP contribution in [0, 0.1) is 0 Å². The SMILES string of the molecule is c1cc(N2CCC[C@@H]2c2cncc(-c3ncc[nH]3)n2)ncn1. The van der Waals surface area contributed by atoms with E-state index < -0.39 is 0 Å². The molecule has 1 saturated heterocycles. The summed E-state index contributed by atoms with van der Waals surface area (Å²) in [5, 5.41) is 0. The lowest BCUT2D eigenvalue weighted by Crippen LogP contribution is -2.24. The smallest absolute Gasteiger partial charge is 0.157 e. The third-order valence-electron chi connectivity index (χ3n) is 3.85. The molecule has 0 aromatic carbocycles. The molecule has 0 saturated carbocycles. The number of anilines is 1. The molecule has 1 aliphatic heterocycles. The maximum Gasteiger partial charge on any atom is 0.157 e. The fourth-order valence-corrected chi connectivity index (χ4v) is 2.86. The van der Waals surface area contributed by atoms with Crippen LogP contribution in [0.3, 0.4) is 0 Å². The van der Waals surface area contributed by atoms with E-state index >= 15 is 0 Å². The van der Waals surface area contributed by atoms with Gasteiger partial charge in [0, 0.05) is 25.1 Å². The maximum absolute atomic E-state index is 4.73. The highest BCUT2D eigenvalue weighted by Gasteiger charge is 2.28. The van der Waals surface area contributed by atoms with Crippen LogP contribution in [0.1, 0.15) is 24.6 Å². The number of rotatable bonds is 3. The molecular weight excluding hydrogens is 278 g/mol. The zero-order valence-corrected chi connectivity index (χ0v) is 11.9. The van der Waals surface area contributed by atoms with Gasteiger partial charge in [-0.25, -0.2) is 19.9 Å². The Morgan fingerprint density at radius 3 is 2.95 bits per heavy atom. The molecule has 1 N–H and O–H groups in total. The van der Waals surface area contributed by atoms with Crippen LogP contribution in [0.2, 0.25) is 0 Å². The Hall–Kier alpha value is -2.83. The number of aromatic nitrogens is 6. The Labute approximate surface area is 127 Å². The summed E-state index contributed by atoms with van der Waals surface area (Å²) in [7, 11) is 0. The van der Waals surface area contributed by atoms with Crippen LogP contribution < -0.4 is 4.90 Å². The minimum atomic E-state index is 0.192. The Morgan fingerprint density at radius 2 is 2.14 bits per heavy atom. The molecule has 3 aromatic heterocycles. The quantitative estimate of drug-likeness (QED) is 0.795. The van der Waals surface area contributed by atoms with Crippen molar-refractivity contribution in [2.45, 2.75) is 18.9 Å². The number of hydrogen-bond acceptors (Lipinski definition) is 6. The van der Waals surface area contributed by atoms with E-state index in [-0.39, 0.29) is 6.04 Å². The lowest BCUT2D eigenvalue weighted by molar-refractivity contribution is 0.683. The van der Waals surface area contributed by atoms with Gasteiger partial charge in [-0.15, -0.1) is 0 Å². The second-order valence-corrected chi connectivity index (χ2v) is 5.19. The molecule has 7 heteroatoms. The van der Waals surface area contributed by atoms with E-state index in [1.165, 1.54) is 0 Å². The van der Waals surface area contributed by atoms with Crippen molar-refractivity contribution in [2.75, 3.05) is 11.4 Å². The lowest BCUT2D eigenvalue weighted by atomic mass is 10.1. The first-order chi connectivity index (χ1) is 10.9. The summed E-state index contributed by atoms with van der Waals surface area (Å²) < 4.78 is 0. The fourth-order valence-electron chi connectivity index (χ4n) is 2.86. The summed E-state index contributed by atoms with van der Waals surface area (Å²) in [6, 6.07) is 2.12. The van der Waals surface area contributed by atoms with Gasteiger partial charge in [0.2, 0.25) is 0 Å². The van der Waals surface area contributed by atoms with Gasteiger partial charge in [-0.2, -0.15) is 0 Å². The van der Waals surface area contributed by atoms with Crippen LogP contribution in [-0.4, -0.2) is 36.4 Å². The Morgan fingerprint density at radius 1 is 1.14 bits per heavy atom. The van der Waals surface area contributed by atoms with E-state index in [0.29, 0.717) is 0 Å². The molecule has 0 aliphatic carbocycles. The largest absolute Gasteiger partial charge is 0.348 e. The second kappa shape index (κ2) is 5.51. The van der Waals surface area contributed by atoms with E-state index in [1.807, 2.05) is 12.3 Å². The zero-order valence-electron chi connectivity index (χ0n) is 11.9. The Balaban J connectivity index is 1.68. The number of nitrogens with one attached hydrogen (secondary N) is 1. The van der Waals surface area contributed by atoms with Crippen molar-refractivity contribution in [3.05, 3.63) is 49.1 Å². The maximum atomic E-state index is 4.73. The number of hydrogen-bond donors (Lipinski definition) is 1. The van der Waals surface area contributed by atoms with Crippen LogP contribution >= 0.6 is 0 Å². The minimum Gasteiger partial charge on any atom is -0.348 e. The molecule has 0 amide bonds. The van der Waals surface area contributed by atoms with Crippen molar-refractivity contribution in [3.8, 4) is 11.5 Å². The molecule has 7 nitrogen and oxygen atoms in total. The monoisotopic (exact) mass is 293 g/mol. The summed E-state index contributed by atoms with van der Waals surface area (Å²) >= 11 is 0. The highest BCUT2D eigenvalue weighted by atomic mass is 15.2. The molecule has 1 fully saturated rings. The molecule has 3 aromatic rings. The van der Waals surface area contributed by atoms with Gasteiger partial charge in [-0.3, -0.25) is 4.98 Å². The van der Waals surface area contributed by atoms with E-state index in [9.17, 15) is 0 Å². The predicted octanol–water partition coefficient (Wildman–Crippen LogP) is 2.00. The second-order valence-electron chi connectivity index (χ2n) is 5.19. The van der Waals surface area contributed by atoms with Gasteiger partial charge >= 0.3 is 0 Å². The third-order valence-corrected chi connectivity index (χ3v) is 3.85. The first kappa shape index (κ1) is 12.9. The summed E-state index contributed by atoms with van der Waals surface area (Å²) in [5.41, 5.74) is 1.71. The van der Waals surface area contributed by atoms with Crippen molar-refractivity contribution < 1.29 is 0 Å². The molecule has 4 heterocycles. The Kier molecular flexibility index (Phi) is 3.23. The van der Waals surface area contributed by atoms with E-state index in [2.05, 4.69) is 29.8 Å². The number of H-pyrrole nitrogens is 1. The summed E-state index contributed by atoms with van der Waals surface area (Å²) in [6.07, 6.45) is 12.6. The highest BCUT2D eigenvalue weighted by molar-refractivity contribution is 5.48. The minimum absolute atomic E-state index is 0.192. The van der Waals surface area contributed by atoms with Crippen molar-refractivity contribution >= 4 is 5.82 Å². The molecule has 110 valence electrons. The van der Waals surface area contributed by atoms with Gasteiger partial charge < -0.3 is 9.88 Å². The van der Waals surface area contributed by atoms with Crippen LogP contribution in [-0.2, 0) is 0 Å². The summed E-state index contributed by atoms with van der Waals surface area (Å²) in [5.74, 6) is 1.67. The average Bonchev–Trinajstić information content (AvgIpc) is 3.27. The molecule has 0 unspecified atom stereocenters. The van der Waals surface area contributed by atoms with E-state index in [4.69, 9.17) is 4.98 Å². The van der Waals surface area contributed by atoms with Crippen LogP contribution in [0.15, 0.2) is 43.4 Å². The topological polar surface area (TPSA) is 83.5 Å². The number of imidazole rings is 1. The van der Waals surface area contributed by atoms with E-state index in [1.54, 1.807) is 31.1 Å². The lowest BCUT2D eigenvalue weighted by Gasteiger charge is -2.24. The molecule has 1 atom stereocenters. The molecule has 22 heavy (non-hydrogen) atoms. The van der Waals surface area contributed by atoms with E-state index in [0.717, 1.165) is 42.4 Å². The average molecular weight is 293 g/mol. The first-order valence-corrected chi connectivity index (χ1v) is 7.26. The molecular formula is C15H15N7. The molecule has 1 aliphatic rings. The third kappa shape index (κ3) is 2.30. The van der Waals surface area contributed by atoms with Crippen LogP contribution in [0.5, 0.6) is 0 Å². The van der Waals surface area contributed by atoms with Crippen LogP contribution in [0.25, 0.3) is 11.5 Å². The van der Waals surface area contributed by atoms with Gasteiger partial charge in [0.25, 0.3) is 0 Å². The first-order valence-electron chi connectivity index (χ1n) is 7.26. The van der Waals surface area contributed by atoms with Crippen molar-refractivity contribution in [2.24, 2.45) is 0 Å². The van der Waals surface area contributed by atoms with Crippen molar-refractivity contribution in [1.82, 2.24) is 29.9 Å². The van der Waals surface area contributed by atoms with Crippen molar-refractivity contribution in [3.63, 3.8) is 0 Å². The van der Waals surface area contributed by atoms with Gasteiger partial charge in [0.1, 0.15) is 17.8 Å². The predicted molar refractivity (Wildman–Crippen MR) is 81.0 cm³/mol. The summed E-state index contributed by atoms with van der Waals surface area (Å²) in [4.78, 5) is 27.0. The van der Waals surface area contributed by atoms with Gasteiger partial charge in [-0.05, 0) is 18.9 Å². The molecule has 0 spiro atoms. The van der Waals surface area contributed by atoms with Gasteiger partial charge in [0.15, 0.2) is 5.82 Å². The Bertz CT molecular complexity index is 742. The standard InChI is InChI=1S/C15H15N7/c1-2-13(22(7-1)14-3-4-16-10-20-14)11-8-17-9-12(21-11)15-18-5-6-19-15/h3-6,8-10,13H,1-2,7H2,(H,18,19)/t13-/m1/s1. The zero-order chi connectivity index (χ0) is 14.8. The fraction of sp³-hybridized carbons (Fsp3) is 0.267. The molecule has 0 bridgehead atoms. The number of aromatic amines is 1. The van der Waals surface area contributed by atoms with Gasteiger partial charge in [0.05, 0.1) is 24.1 Å². The van der Waals surface area contributed by atoms with Crippen molar-refractivity contribution in [1.29, 1.82) is 0 Å². The summed E-state index contributed by atoms with van der Waals surface area (Å²) in [6.45, 7) is 0.967. The van der Waals surface area contributed by atoms with Gasteiger partial charge in [-0.1, -0.05) is 0 Å². The number of nitrogens with zero attached hydrogens (tertiary/aromatic N) is 6. The molecule has 4 rings (SSSR count).